The van der Waals surface area contributed by atoms with Crippen LogP contribution in [0, 0.1) is 5.92 Å². The highest BCUT2D eigenvalue weighted by Gasteiger charge is 2.46. The molecule has 3 unspecified atom stereocenters. The van der Waals surface area contributed by atoms with Crippen molar-refractivity contribution in [2.45, 2.75) is 25.3 Å². The molecule has 20 heavy (non-hydrogen) atoms. The fourth-order valence-electron chi connectivity index (χ4n) is 2.24. The number of carboxylic acid groups (broad SMARTS) is 1. The van der Waals surface area contributed by atoms with Crippen LogP contribution >= 0.6 is 23.2 Å². The number of benzene rings is 1. The van der Waals surface area contributed by atoms with Crippen molar-refractivity contribution in [3.8, 4) is 0 Å². The fraction of sp³-hybridized carbons (Fsp3) is 0.429. The Bertz CT molecular complexity index is 541. The van der Waals surface area contributed by atoms with Gasteiger partial charge in [0.2, 0.25) is 5.91 Å². The van der Waals surface area contributed by atoms with Crippen LogP contribution < -0.4 is 0 Å². The topological polar surface area (TPSA) is 57.6 Å². The molecule has 1 aliphatic rings. The highest BCUT2D eigenvalue weighted by atomic mass is 35.5. The van der Waals surface area contributed by atoms with E-state index in [2.05, 4.69) is 0 Å². The Morgan fingerprint density at radius 3 is 2.35 bits per heavy atom. The molecule has 0 bridgehead atoms. The summed E-state index contributed by atoms with van der Waals surface area (Å²) in [5.41, 5.74) is 0.928. The number of nitrogens with zero attached hydrogens (tertiary/aromatic N) is 1. The second kappa shape index (κ2) is 5.62. The standard InChI is InChI=1S/C14H15Cl2NO3/c1-7(14(19)20)17(2)13(18)12-6-11(12)8-3-9(15)5-10(16)4-8/h3-5,7,11-12H,6H2,1-2H3,(H,19,20). The molecule has 1 fully saturated rings. The van der Waals surface area contributed by atoms with Crippen LogP contribution in [-0.4, -0.2) is 35.0 Å². The molecule has 0 aromatic heterocycles. The van der Waals surface area contributed by atoms with Gasteiger partial charge in [0, 0.05) is 23.0 Å². The Morgan fingerprint density at radius 2 is 1.85 bits per heavy atom. The Labute approximate surface area is 127 Å². The lowest BCUT2D eigenvalue weighted by atomic mass is 10.1. The molecule has 1 aliphatic carbocycles. The van der Waals surface area contributed by atoms with Crippen molar-refractivity contribution in [2.24, 2.45) is 5.92 Å². The number of hydrogen-bond acceptors (Lipinski definition) is 2. The van der Waals surface area contributed by atoms with Gasteiger partial charge in [0.05, 0.1) is 0 Å². The van der Waals surface area contributed by atoms with E-state index in [-0.39, 0.29) is 17.7 Å². The van der Waals surface area contributed by atoms with Gasteiger partial charge in [-0.1, -0.05) is 23.2 Å². The normalized spacial score (nSPS) is 22.2. The van der Waals surface area contributed by atoms with Gasteiger partial charge in [-0.05, 0) is 43.0 Å². The van der Waals surface area contributed by atoms with Gasteiger partial charge in [0.15, 0.2) is 0 Å². The van der Waals surface area contributed by atoms with Gasteiger partial charge in [-0.15, -0.1) is 0 Å². The summed E-state index contributed by atoms with van der Waals surface area (Å²) in [6.07, 6.45) is 0.701. The third-order valence-corrected chi connectivity index (χ3v) is 4.14. The number of likely N-dealkylation sites (N-methyl/N-ethyl adjacent to an activating group) is 1. The minimum atomic E-state index is -1.01. The molecule has 4 nitrogen and oxygen atoms in total. The first-order chi connectivity index (χ1) is 9.31. The van der Waals surface area contributed by atoms with E-state index in [4.69, 9.17) is 28.3 Å². The van der Waals surface area contributed by atoms with E-state index in [0.717, 1.165) is 5.56 Å². The number of carboxylic acids is 1. The lowest BCUT2D eigenvalue weighted by Gasteiger charge is -2.21. The van der Waals surface area contributed by atoms with Crippen LogP contribution in [0.1, 0.15) is 24.8 Å². The quantitative estimate of drug-likeness (QED) is 0.929. The van der Waals surface area contributed by atoms with E-state index < -0.39 is 12.0 Å². The predicted molar refractivity (Wildman–Crippen MR) is 77.2 cm³/mol. The summed E-state index contributed by atoms with van der Waals surface area (Å²) in [5, 5.41) is 10.0. The zero-order valence-electron chi connectivity index (χ0n) is 11.1. The predicted octanol–water partition coefficient (Wildman–Crippen LogP) is 3.03. The molecule has 0 saturated heterocycles. The van der Waals surface area contributed by atoms with E-state index in [9.17, 15) is 9.59 Å². The molecule has 1 saturated carbocycles. The molecular formula is C14H15Cl2NO3. The molecule has 2 rings (SSSR count). The number of amides is 1. The summed E-state index contributed by atoms with van der Waals surface area (Å²) in [7, 11) is 1.52. The summed E-state index contributed by atoms with van der Waals surface area (Å²) in [5.74, 6) is -1.27. The Morgan fingerprint density at radius 1 is 1.30 bits per heavy atom. The van der Waals surface area contributed by atoms with Gasteiger partial charge in [-0.25, -0.2) is 4.79 Å². The van der Waals surface area contributed by atoms with Crippen LogP contribution in [0.5, 0.6) is 0 Å². The molecule has 1 aromatic rings. The van der Waals surface area contributed by atoms with Crippen molar-refractivity contribution in [1.29, 1.82) is 0 Å². The Hall–Kier alpha value is -1.26. The first-order valence-corrected chi connectivity index (χ1v) is 7.02. The van der Waals surface area contributed by atoms with Crippen molar-refractivity contribution in [1.82, 2.24) is 4.90 Å². The molecular weight excluding hydrogens is 301 g/mol. The van der Waals surface area contributed by atoms with Gasteiger partial charge in [-0.2, -0.15) is 0 Å². The van der Waals surface area contributed by atoms with Crippen molar-refractivity contribution in [2.75, 3.05) is 7.05 Å². The summed E-state index contributed by atoms with van der Waals surface area (Å²) < 4.78 is 0. The number of aliphatic carboxylic acids is 1. The fourth-order valence-corrected chi connectivity index (χ4v) is 2.79. The second-order valence-electron chi connectivity index (χ2n) is 5.11. The number of carbonyl (C=O) groups excluding carboxylic acids is 1. The summed E-state index contributed by atoms with van der Waals surface area (Å²) in [6, 6.07) is 4.41. The molecule has 1 aromatic carbocycles. The molecule has 1 N–H and O–H groups in total. The lowest BCUT2D eigenvalue weighted by Crippen LogP contribution is -2.41. The number of halogens is 2. The van der Waals surface area contributed by atoms with E-state index >= 15 is 0 Å². The smallest absolute Gasteiger partial charge is 0.326 e. The molecule has 0 aliphatic heterocycles. The monoisotopic (exact) mass is 315 g/mol. The lowest BCUT2D eigenvalue weighted by molar-refractivity contribution is -0.148. The van der Waals surface area contributed by atoms with Crippen molar-refractivity contribution in [3.63, 3.8) is 0 Å². The zero-order chi connectivity index (χ0) is 15.0. The average molecular weight is 316 g/mol. The second-order valence-corrected chi connectivity index (χ2v) is 5.99. The van der Waals surface area contributed by atoms with E-state index in [1.807, 2.05) is 0 Å². The number of rotatable bonds is 4. The first kappa shape index (κ1) is 15.1. The van der Waals surface area contributed by atoms with Gasteiger partial charge in [-0.3, -0.25) is 4.79 Å². The van der Waals surface area contributed by atoms with Crippen molar-refractivity contribution >= 4 is 35.1 Å². The highest BCUT2D eigenvalue weighted by molar-refractivity contribution is 6.34. The molecule has 1 amide bonds. The number of hydrogen-bond donors (Lipinski definition) is 1. The minimum Gasteiger partial charge on any atom is -0.480 e. The Balaban J connectivity index is 2.07. The third-order valence-electron chi connectivity index (χ3n) is 3.71. The summed E-state index contributed by atoms with van der Waals surface area (Å²) in [6.45, 7) is 1.49. The minimum absolute atomic E-state index is 0.0714. The maximum atomic E-state index is 12.2. The van der Waals surface area contributed by atoms with Crippen LogP contribution in [0.4, 0.5) is 0 Å². The van der Waals surface area contributed by atoms with Crippen LogP contribution in [0.2, 0.25) is 10.0 Å². The largest absolute Gasteiger partial charge is 0.480 e. The molecule has 6 heteroatoms. The van der Waals surface area contributed by atoms with E-state index in [0.29, 0.717) is 16.5 Å². The van der Waals surface area contributed by atoms with Crippen LogP contribution in [0.3, 0.4) is 0 Å². The maximum Gasteiger partial charge on any atom is 0.326 e. The highest BCUT2D eigenvalue weighted by Crippen LogP contribution is 2.49. The zero-order valence-corrected chi connectivity index (χ0v) is 12.6. The molecule has 108 valence electrons. The number of carbonyl (C=O) groups is 2. The molecule has 0 heterocycles. The van der Waals surface area contributed by atoms with Gasteiger partial charge in [0.1, 0.15) is 6.04 Å². The summed E-state index contributed by atoms with van der Waals surface area (Å²) in [4.78, 5) is 24.4. The van der Waals surface area contributed by atoms with Crippen molar-refractivity contribution in [3.05, 3.63) is 33.8 Å². The van der Waals surface area contributed by atoms with Gasteiger partial charge in [0.25, 0.3) is 0 Å². The molecule has 0 radical (unpaired) electrons. The molecule has 0 spiro atoms. The van der Waals surface area contributed by atoms with Gasteiger partial charge < -0.3 is 10.0 Å². The third kappa shape index (κ3) is 3.07. The van der Waals surface area contributed by atoms with E-state index in [1.165, 1.54) is 18.9 Å². The van der Waals surface area contributed by atoms with Crippen LogP contribution in [0.25, 0.3) is 0 Å². The van der Waals surface area contributed by atoms with Crippen LogP contribution in [0.15, 0.2) is 18.2 Å². The van der Waals surface area contributed by atoms with E-state index in [1.54, 1.807) is 18.2 Å². The molecule has 3 atom stereocenters. The van der Waals surface area contributed by atoms with Gasteiger partial charge >= 0.3 is 5.97 Å². The summed E-state index contributed by atoms with van der Waals surface area (Å²) >= 11 is 11.9. The SMILES string of the molecule is CC(C(=O)O)N(C)C(=O)C1CC1c1cc(Cl)cc(Cl)c1. The first-order valence-electron chi connectivity index (χ1n) is 6.26. The Kier molecular flexibility index (Phi) is 4.25. The van der Waals surface area contributed by atoms with Crippen molar-refractivity contribution < 1.29 is 14.7 Å². The maximum absolute atomic E-state index is 12.2. The average Bonchev–Trinajstić information content (AvgIpc) is 3.15. The van der Waals surface area contributed by atoms with Crippen LogP contribution in [-0.2, 0) is 9.59 Å².